The van der Waals surface area contributed by atoms with Gasteiger partial charge in [0.25, 0.3) is 17.3 Å². The Morgan fingerprint density at radius 2 is 1.30 bits per heavy atom. The van der Waals surface area contributed by atoms with Crippen molar-refractivity contribution in [1.29, 1.82) is 0 Å². The molecule has 0 radical (unpaired) electrons. The number of amides is 1. The van der Waals surface area contributed by atoms with Crippen LogP contribution in [0.4, 0.5) is 11.4 Å². The van der Waals surface area contributed by atoms with Gasteiger partial charge >= 0.3 is 0 Å². The molecule has 2 aliphatic rings. The van der Waals surface area contributed by atoms with Crippen LogP contribution in [0.25, 0.3) is 0 Å². The summed E-state index contributed by atoms with van der Waals surface area (Å²) in [5.74, 6) is 0.742. The number of carbonyl (C=O) groups excluding carboxylic acids is 1. The van der Waals surface area contributed by atoms with E-state index in [1.807, 2.05) is 0 Å². The summed E-state index contributed by atoms with van der Waals surface area (Å²) >= 11 is 0. The van der Waals surface area contributed by atoms with Gasteiger partial charge in [0, 0.05) is 37.3 Å². The molecule has 2 aliphatic heterocycles. The molecule has 0 saturated carbocycles. The van der Waals surface area contributed by atoms with Crippen LogP contribution in [0.1, 0.15) is 54.4 Å². The van der Waals surface area contributed by atoms with Crippen LogP contribution >= 0.6 is 0 Å². The second-order valence-corrected chi connectivity index (χ2v) is 9.08. The van der Waals surface area contributed by atoms with Crippen LogP contribution in [-0.2, 0) is 6.54 Å². The standard InChI is InChI=1S/C13H16N2O4.C13H18N2O3/c1-19-12-9-10(15(17)18)5-6-11(12)13(16)14-7-3-2-4-8-14;1-18-13-9-12(15(16)17)6-5-11(13)10-14-7-3-2-4-8-14/h5-6,9H,2-4,7-8H2,1H3;5-6,9H,2-4,7-8,10H2,1H3. The minimum atomic E-state index is -0.502. The van der Waals surface area contributed by atoms with Gasteiger partial charge in [0.05, 0.1) is 41.8 Å². The Balaban J connectivity index is 0.000000206. The zero-order chi connectivity index (χ0) is 26.8. The quantitative estimate of drug-likeness (QED) is 0.380. The van der Waals surface area contributed by atoms with E-state index in [4.69, 9.17) is 9.47 Å². The second kappa shape index (κ2) is 13.5. The van der Waals surface area contributed by atoms with Crippen LogP contribution in [0, 0.1) is 20.2 Å². The minimum absolute atomic E-state index is 0.0768. The van der Waals surface area contributed by atoms with Crippen LogP contribution in [0.5, 0.6) is 11.5 Å². The molecule has 0 aliphatic carbocycles. The maximum atomic E-state index is 12.3. The third-order valence-electron chi connectivity index (χ3n) is 6.59. The Hall–Kier alpha value is -3.73. The van der Waals surface area contributed by atoms with E-state index in [-0.39, 0.29) is 23.0 Å². The average Bonchev–Trinajstić information content (AvgIpc) is 2.93. The molecule has 0 spiro atoms. The second-order valence-electron chi connectivity index (χ2n) is 9.08. The number of nitrogens with zero attached hydrogens (tertiary/aromatic N) is 4. The molecule has 4 rings (SSSR count). The average molecular weight is 515 g/mol. The zero-order valence-corrected chi connectivity index (χ0v) is 21.4. The van der Waals surface area contributed by atoms with Crippen LogP contribution in [0.3, 0.4) is 0 Å². The Kier molecular flexibility index (Phi) is 10.2. The number of hydrogen-bond acceptors (Lipinski definition) is 8. The number of benzene rings is 2. The van der Waals surface area contributed by atoms with E-state index < -0.39 is 9.85 Å². The molecular formula is C26H34N4O7. The topological polar surface area (TPSA) is 128 Å². The Morgan fingerprint density at radius 1 is 0.784 bits per heavy atom. The van der Waals surface area contributed by atoms with Crippen molar-refractivity contribution < 1.29 is 24.1 Å². The largest absolute Gasteiger partial charge is 0.496 e. The van der Waals surface area contributed by atoms with Crippen molar-refractivity contribution in [3.8, 4) is 11.5 Å². The normalized spacial score (nSPS) is 15.8. The summed E-state index contributed by atoms with van der Waals surface area (Å²) in [6, 6.07) is 8.93. The van der Waals surface area contributed by atoms with E-state index in [9.17, 15) is 25.0 Å². The molecular weight excluding hydrogens is 480 g/mol. The minimum Gasteiger partial charge on any atom is -0.496 e. The van der Waals surface area contributed by atoms with E-state index in [0.717, 1.165) is 57.5 Å². The first-order valence-corrected chi connectivity index (χ1v) is 12.5. The maximum absolute atomic E-state index is 12.3. The van der Waals surface area contributed by atoms with Gasteiger partial charge in [0.1, 0.15) is 11.5 Å². The number of rotatable bonds is 7. The van der Waals surface area contributed by atoms with E-state index in [1.165, 1.54) is 50.6 Å². The fourth-order valence-electron chi connectivity index (χ4n) is 4.57. The first kappa shape index (κ1) is 27.9. The number of nitro groups is 2. The van der Waals surface area contributed by atoms with Crippen molar-refractivity contribution in [1.82, 2.24) is 9.80 Å². The molecule has 2 heterocycles. The highest BCUT2D eigenvalue weighted by molar-refractivity contribution is 5.97. The van der Waals surface area contributed by atoms with Gasteiger partial charge in [-0.1, -0.05) is 6.42 Å². The molecule has 0 bridgehead atoms. The van der Waals surface area contributed by atoms with Gasteiger partial charge in [-0.15, -0.1) is 0 Å². The number of ether oxygens (including phenoxy) is 2. The molecule has 200 valence electrons. The number of piperidine rings is 2. The number of hydrogen-bond donors (Lipinski definition) is 0. The van der Waals surface area contributed by atoms with E-state index in [1.54, 1.807) is 24.1 Å². The Bertz CT molecular complexity index is 1100. The van der Waals surface area contributed by atoms with Crippen molar-refractivity contribution in [3.05, 3.63) is 67.8 Å². The number of likely N-dealkylation sites (tertiary alicyclic amines) is 2. The summed E-state index contributed by atoms with van der Waals surface area (Å²) < 4.78 is 10.3. The number of nitro benzene ring substituents is 2. The van der Waals surface area contributed by atoms with E-state index >= 15 is 0 Å². The van der Waals surface area contributed by atoms with E-state index in [0.29, 0.717) is 11.3 Å². The number of carbonyl (C=O) groups is 1. The third kappa shape index (κ3) is 7.63. The van der Waals surface area contributed by atoms with Crippen molar-refractivity contribution in [3.63, 3.8) is 0 Å². The molecule has 2 saturated heterocycles. The van der Waals surface area contributed by atoms with E-state index in [2.05, 4.69) is 4.90 Å². The molecule has 0 atom stereocenters. The fraction of sp³-hybridized carbons (Fsp3) is 0.500. The smallest absolute Gasteiger partial charge is 0.273 e. The predicted molar refractivity (Wildman–Crippen MR) is 138 cm³/mol. The molecule has 2 aromatic rings. The summed E-state index contributed by atoms with van der Waals surface area (Å²) in [6.45, 7) is 4.47. The fourth-order valence-corrected chi connectivity index (χ4v) is 4.57. The monoisotopic (exact) mass is 514 g/mol. The molecule has 1 amide bonds. The Labute approximate surface area is 216 Å². The van der Waals surface area contributed by atoms with Gasteiger partial charge in [0.2, 0.25) is 0 Å². The van der Waals surface area contributed by atoms with Gasteiger partial charge in [-0.25, -0.2) is 0 Å². The van der Waals surface area contributed by atoms with Gasteiger partial charge in [-0.05, 0) is 57.3 Å². The van der Waals surface area contributed by atoms with Crippen molar-refractivity contribution in [2.45, 2.75) is 45.1 Å². The Morgan fingerprint density at radius 3 is 1.84 bits per heavy atom. The predicted octanol–water partition coefficient (Wildman–Crippen LogP) is 4.82. The first-order chi connectivity index (χ1) is 17.8. The molecule has 2 aromatic carbocycles. The number of methoxy groups -OCH3 is 2. The van der Waals surface area contributed by atoms with Crippen molar-refractivity contribution in [2.75, 3.05) is 40.4 Å². The van der Waals surface area contributed by atoms with Gasteiger partial charge in [-0.3, -0.25) is 29.9 Å². The summed E-state index contributed by atoms with van der Waals surface area (Å²) in [5.41, 5.74) is 1.40. The summed E-state index contributed by atoms with van der Waals surface area (Å²) in [6.07, 6.45) is 6.90. The summed E-state index contributed by atoms with van der Waals surface area (Å²) in [5, 5.41) is 21.4. The first-order valence-electron chi connectivity index (χ1n) is 12.5. The van der Waals surface area contributed by atoms with Crippen molar-refractivity contribution in [2.24, 2.45) is 0 Å². The van der Waals surface area contributed by atoms with Crippen LogP contribution in [-0.4, -0.2) is 66.0 Å². The lowest BCUT2D eigenvalue weighted by atomic mass is 10.1. The molecule has 11 heteroatoms. The van der Waals surface area contributed by atoms with Crippen LogP contribution < -0.4 is 9.47 Å². The molecule has 0 unspecified atom stereocenters. The molecule has 11 nitrogen and oxygen atoms in total. The summed E-state index contributed by atoms with van der Waals surface area (Å²) in [4.78, 5) is 37.0. The third-order valence-corrected chi connectivity index (χ3v) is 6.59. The molecule has 0 aromatic heterocycles. The summed E-state index contributed by atoms with van der Waals surface area (Å²) in [7, 11) is 2.96. The lowest BCUT2D eigenvalue weighted by molar-refractivity contribution is -0.385. The highest BCUT2D eigenvalue weighted by Crippen LogP contribution is 2.28. The molecule has 2 fully saturated rings. The van der Waals surface area contributed by atoms with Crippen LogP contribution in [0.15, 0.2) is 36.4 Å². The van der Waals surface area contributed by atoms with Crippen LogP contribution in [0.2, 0.25) is 0 Å². The molecule has 0 N–H and O–H groups in total. The SMILES string of the molecule is COc1cc([N+](=O)[O-])ccc1C(=O)N1CCCCC1.COc1cc([N+](=O)[O-])ccc1CN1CCCCC1. The highest BCUT2D eigenvalue weighted by atomic mass is 16.6. The maximum Gasteiger partial charge on any atom is 0.273 e. The molecule has 37 heavy (non-hydrogen) atoms. The highest BCUT2D eigenvalue weighted by Gasteiger charge is 2.23. The van der Waals surface area contributed by atoms with Crippen molar-refractivity contribution >= 4 is 17.3 Å². The lowest BCUT2D eigenvalue weighted by Gasteiger charge is -2.27. The lowest BCUT2D eigenvalue weighted by Crippen LogP contribution is -2.35. The van der Waals surface area contributed by atoms with Gasteiger partial charge < -0.3 is 14.4 Å². The number of non-ortho nitro benzene ring substituents is 2. The van der Waals surface area contributed by atoms with Gasteiger partial charge in [-0.2, -0.15) is 0 Å². The van der Waals surface area contributed by atoms with Gasteiger partial charge in [0.15, 0.2) is 0 Å². The zero-order valence-electron chi connectivity index (χ0n) is 21.4.